The van der Waals surface area contributed by atoms with Gasteiger partial charge in [0, 0.05) is 51.1 Å². The number of aryl methyl sites for hydroxylation is 1. The van der Waals surface area contributed by atoms with Gasteiger partial charge in [0.05, 0.1) is 10.7 Å². The van der Waals surface area contributed by atoms with Crippen molar-refractivity contribution in [2.45, 2.75) is 19.9 Å². The van der Waals surface area contributed by atoms with Gasteiger partial charge >= 0.3 is 0 Å². The molecule has 0 spiro atoms. The third kappa shape index (κ3) is 4.26. The van der Waals surface area contributed by atoms with E-state index in [0.29, 0.717) is 6.42 Å². The standard InChI is InChI=1S/C13H22N4OS/c1-11-15-12(10-19-11)9-16-5-7-17(8-6-16)13(18)3-4-14-2/h10,14H,3-9H2,1-2H3. The van der Waals surface area contributed by atoms with Crippen molar-refractivity contribution >= 4 is 17.2 Å². The predicted octanol–water partition coefficient (Wildman–Crippen LogP) is 0.705. The minimum absolute atomic E-state index is 0.263. The summed E-state index contributed by atoms with van der Waals surface area (Å²) in [6.45, 7) is 7.27. The Bertz CT molecular complexity index is 413. The molecule has 19 heavy (non-hydrogen) atoms. The molecule has 1 aliphatic heterocycles. The molecule has 2 heterocycles. The van der Waals surface area contributed by atoms with Crippen molar-refractivity contribution in [3.05, 3.63) is 16.1 Å². The van der Waals surface area contributed by atoms with Crippen molar-refractivity contribution < 1.29 is 4.79 Å². The highest BCUT2D eigenvalue weighted by Crippen LogP contribution is 2.12. The molecule has 2 rings (SSSR count). The molecule has 1 amide bonds. The van der Waals surface area contributed by atoms with Gasteiger partial charge in [0.15, 0.2) is 0 Å². The summed E-state index contributed by atoms with van der Waals surface area (Å²) in [7, 11) is 1.88. The highest BCUT2D eigenvalue weighted by atomic mass is 32.1. The molecule has 0 aromatic carbocycles. The summed E-state index contributed by atoms with van der Waals surface area (Å²) in [5.41, 5.74) is 1.15. The number of carbonyl (C=O) groups is 1. The van der Waals surface area contributed by atoms with E-state index in [2.05, 4.69) is 20.6 Å². The van der Waals surface area contributed by atoms with Crippen LogP contribution in [0.3, 0.4) is 0 Å². The minimum atomic E-state index is 0.263. The fourth-order valence-corrected chi connectivity index (χ4v) is 2.86. The van der Waals surface area contributed by atoms with Crippen molar-refractivity contribution in [2.24, 2.45) is 0 Å². The fourth-order valence-electron chi connectivity index (χ4n) is 2.26. The molecule has 1 aromatic rings. The number of piperazine rings is 1. The number of amides is 1. The molecule has 1 aliphatic rings. The third-order valence-corrected chi connectivity index (χ3v) is 4.19. The number of rotatable bonds is 5. The van der Waals surface area contributed by atoms with Crippen LogP contribution in [-0.2, 0) is 11.3 Å². The van der Waals surface area contributed by atoms with E-state index in [9.17, 15) is 4.79 Å². The maximum atomic E-state index is 11.9. The second-order valence-electron chi connectivity index (χ2n) is 4.87. The van der Waals surface area contributed by atoms with Gasteiger partial charge in [-0.2, -0.15) is 0 Å². The van der Waals surface area contributed by atoms with E-state index in [1.54, 1.807) is 11.3 Å². The van der Waals surface area contributed by atoms with E-state index >= 15 is 0 Å². The SMILES string of the molecule is CNCCC(=O)N1CCN(Cc2csc(C)n2)CC1. The summed E-state index contributed by atoms with van der Waals surface area (Å²) < 4.78 is 0. The summed E-state index contributed by atoms with van der Waals surface area (Å²) >= 11 is 1.70. The van der Waals surface area contributed by atoms with Crippen LogP contribution in [0.25, 0.3) is 0 Å². The van der Waals surface area contributed by atoms with Gasteiger partial charge in [0.1, 0.15) is 0 Å². The molecule has 106 valence electrons. The molecule has 1 saturated heterocycles. The lowest BCUT2D eigenvalue weighted by atomic mass is 10.2. The molecule has 0 radical (unpaired) electrons. The van der Waals surface area contributed by atoms with E-state index in [0.717, 1.165) is 50.0 Å². The second-order valence-corrected chi connectivity index (χ2v) is 5.93. The van der Waals surface area contributed by atoms with Crippen molar-refractivity contribution in [3.63, 3.8) is 0 Å². The van der Waals surface area contributed by atoms with Crippen LogP contribution in [0.1, 0.15) is 17.1 Å². The first-order chi connectivity index (χ1) is 9.19. The normalized spacial score (nSPS) is 16.8. The molecule has 0 unspecified atom stereocenters. The van der Waals surface area contributed by atoms with E-state index in [-0.39, 0.29) is 5.91 Å². The summed E-state index contributed by atoms with van der Waals surface area (Å²) in [4.78, 5) is 20.7. The molecular formula is C13H22N4OS. The van der Waals surface area contributed by atoms with Crippen LogP contribution < -0.4 is 5.32 Å². The number of hydrogen-bond donors (Lipinski definition) is 1. The van der Waals surface area contributed by atoms with Crippen molar-refractivity contribution in [1.82, 2.24) is 20.1 Å². The highest BCUT2D eigenvalue weighted by Gasteiger charge is 2.20. The van der Waals surface area contributed by atoms with Crippen LogP contribution in [0.4, 0.5) is 0 Å². The first-order valence-corrected chi connectivity index (χ1v) is 7.62. The molecule has 0 bridgehead atoms. The zero-order valence-electron chi connectivity index (χ0n) is 11.7. The molecule has 6 heteroatoms. The Morgan fingerprint density at radius 3 is 2.74 bits per heavy atom. The third-order valence-electron chi connectivity index (χ3n) is 3.37. The summed E-state index contributed by atoms with van der Waals surface area (Å²) in [6, 6.07) is 0. The van der Waals surface area contributed by atoms with Gasteiger partial charge in [0.25, 0.3) is 0 Å². The van der Waals surface area contributed by atoms with E-state index in [1.807, 2.05) is 18.9 Å². The predicted molar refractivity (Wildman–Crippen MR) is 77.3 cm³/mol. The molecule has 1 fully saturated rings. The fraction of sp³-hybridized carbons (Fsp3) is 0.692. The molecule has 1 aromatic heterocycles. The van der Waals surface area contributed by atoms with E-state index in [1.165, 1.54) is 0 Å². The Morgan fingerprint density at radius 2 is 2.16 bits per heavy atom. The average molecular weight is 282 g/mol. The maximum absolute atomic E-state index is 11.9. The molecule has 0 atom stereocenters. The largest absolute Gasteiger partial charge is 0.340 e. The first-order valence-electron chi connectivity index (χ1n) is 6.75. The Kier molecular flexibility index (Phi) is 5.30. The van der Waals surface area contributed by atoms with Gasteiger partial charge in [-0.25, -0.2) is 4.98 Å². The van der Waals surface area contributed by atoms with Crippen LogP contribution in [0.15, 0.2) is 5.38 Å². The maximum Gasteiger partial charge on any atom is 0.223 e. The quantitative estimate of drug-likeness (QED) is 0.864. The van der Waals surface area contributed by atoms with Crippen molar-refractivity contribution in [2.75, 3.05) is 39.8 Å². The van der Waals surface area contributed by atoms with Gasteiger partial charge in [-0.3, -0.25) is 9.69 Å². The van der Waals surface area contributed by atoms with E-state index < -0.39 is 0 Å². The van der Waals surface area contributed by atoms with Crippen LogP contribution in [0.2, 0.25) is 0 Å². The average Bonchev–Trinajstić information content (AvgIpc) is 2.82. The molecule has 5 nitrogen and oxygen atoms in total. The lowest BCUT2D eigenvalue weighted by molar-refractivity contribution is -0.132. The lowest BCUT2D eigenvalue weighted by Gasteiger charge is -2.34. The number of thiazole rings is 1. The second kappa shape index (κ2) is 6.98. The van der Waals surface area contributed by atoms with Crippen LogP contribution >= 0.6 is 11.3 Å². The van der Waals surface area contributed by atoms with Gasteiger partial charge in [-0.15, -0.1) is 11.3 Å². The number of hydrogen-bond acceptors (Lipinski definition) is 5. The van der Waals surface area contributed by atoms with Gasteiger partial charge < -0.3 is 10.2 Å². The molecule has 0 aliphatic carbocycles. The number of nitrogens with zero attached hydrogens (tertiary/aromatic N) is 3. The Hall–Kier alpha value is -0.980. The zero-order chi connectivity index (χ0) is 13.7. The molecular weight excluding hydrogens is 260 g/mol. The smallest absolute Gasteiger partial charge is 0.223 e. The highest BCUT2D eigenvalue weighted by molar-refractivity contribution is 7.09. The number of aromatic nitrogens is 1. The van der Waals surface area contributed by atoms with Crippen LogP contribution in [0.5, 0.6) is 0 Å². The van der Waals surface area contributed by atoms with Crippen LogP contribution in [-0.4, -0.2) is 60.5 Å². The Labute approximate surface area is 118 Å². The van der Waals surface area contributed by atoms with Gasteiger partial charge in [-0.05, 0) is 14.0 Å². The Morgan fingerprint density at radius 1 is 1.42 bits per heavy atom. The van der Waals surface area contributed by atoms with Crippen molar-refractivity contribution in [1.29, 1.82) is 0 Å². The summed E-state index contributed by atoms with van der Waals surface area (Å²) in [5.74, 6) is 0.263. The Balaban J connectivity index is 1.74. The zero-order valence-corrected chi connectivity index (χ0v) is 12.5. The molecule has 0 saturated carbocycles. The molecule has 1 N–H and O–H groups in total. The number of carbonyl (C=O) groups excluding carboxylic acids is 1. The van der Waals surface area contributed by atoms with E-state index in [4.69, 9.17) is 0 Å². The summed E-state index contributed by atoms with van der Waals surface area (Å²) in [6.07, 6.45) is 0.599. The first kappa shape index (κ1) is 14.4. The van der Waals surface area contributed by atoms with Gasteiger partial charge in [-0.1, -0.05) is 0 Å². The van der Waals surface area contributed by atoms with Crippen LogP contribution in [0, 0.1) is 6.92 Å². The van der Waals surface area contributed by atoms with Gasteiger partial charge in [0.2, 0.25) is 5.91 Å². The monoisotopic (exact) mass is 282 g/mol. The lowest BCUT2D eigenvalue weighted by Crippen LogP contribution is -2.48. The topological polar surface area (TPSA) is 48.5 Å². The minimum Gasteiger partial charge on any atom is -0.340 e. The number of nitrogens with one attached hydrogen (secondary N) is 1. The summed E-state index contributed by atoms with van der Waals surface area (Å²) in [5, 5.41) is 6.26. The van der Waals surface area contributed by atoms with Crippen molar-refractivity contribution in [3.8, 4) is 0 Å².